The van der Waals surface area contributed by atoms with E-state index in [2.05, 4.69) is 30.6 Å². The maximum absolute atomic E-state index is 12.5. The minimum atomic E-state index is -3.19. The van der Waals surface area contributed by atoms with E-state index >= 15 is 0 Å². The fourth-order valence-corrected chi connectivity index (χ4v) is 4.40. The average Bonchev–Trinajstić information content (AvgIpc) is 2.77. The first kappa shape index (κ1) is 20.9. The number of aryl methyl sites for hydroxylation is 1. The molecule has 0 unspecified atom stereocenters. The van der Waals surface area contributed by atoms with Crippen LogP contribution in [0.5, 0.6) is 0 Å². The molecule has 1 amide bonds. The predicted molar refractivity (Wildman–Crippen MR) is 102 cm³/mol. The van der Waals surface area contributed by atoms with Crippen molar-refractivity contribution in [3.63, 3.8) is 0 Å². The average molecular weight is 385 g/mol. The lowest BCUT2D eigenvalue weighted by Crippen LogP contribution is -2.46. The van der Waals surface area contributed by atoms with Gasteiger partial charge in [0.1, 0.15) is 0 Å². The highest BCUT2D eigenvalue weighted by Gasteiger charge is 2.24. The highest BCUT2D eigenvalue weighted by atomic mass is 32.2. The zero-order chi connectivity index (χ0) is 19.5. The maximum Gasteiger partial charge on any atom is 0.222 e. The van der Waals surface area contributed by atoms with E-state index < -0.39 is 10.0 Å². The Balaban J connectivity index is 1.87. The summed E-state index contributed by atoms with van der Waals surface area (Å²) >= 11 is 0. The Morgan fingerprint density at radius 1 is 1.27 bits per heavy atom. The summed E-state index contributed by atoms with van der Waals surface area (Å²) in [6, 6.07) is -0.0622. The normalized spacial score (nSPS) is 16.5. The lowest BCUT2D eigenvalue weighted by Gasteiger charge is -2.32. The van der Waals surface area contributed by atoms with Crippen LogP contribution in [-0.2, 0) is 27.8 Å². The SMILES string of the molecule is Cc1nn(CC(C)C)c(C)c1CCC(=O)N1CCC(NS(C)(=O)=O)CC1. The van der Waals surface area contributed by atoms with Crippen molar-refractivity contribution in [1.29, 1.82) is 0 Å². The summed E-state index contributed by atoms with van der Waals surface area (Å²) in [5, 5.41) is 4.61. The van der Waals surface area contributed by atoms with Crippen LogP contribution in [0.1, 0.15) is 50.1 Å². The number of nitrogens with one attached hydrogen (secondary N) is 1. The van der Waals surface area contributed by atoms with Gasteiger partial charge in [-0.2, -0.15) is 5.10 Å². The predicted octanol–water partition coefficient (Wildman–Crippen LogP) is 1.63. The van der Waals surface area contributed by atoms with E-state index in [0.717, 1.165) is 17.9 Å². The summed E-state index contributed by atoms with van der Waals surface area (Å²) in [7, 11) is -3.19. The van der Waals surface area contributed by atoms with Crippen LogP contribution >= 0.6 is 0 Å². The minimum absolute atomic E-state index is 0.0622. The number of nitrogens with zero attached hydrogens (tertiary/aromatic N) is 3. The van der Waals surface area contributed by atoms with Gasteiger partial charge in [-0.05, 0) is 44.6 Å². The quantitative estimate of drug-likeness (QED) is 0.774. The van der Waals surface area contributed by atoms with E-state index in [1.165, 1.54) is 11.8 Å². The summed E-state index contributed by atoms with van der Waals surface area (Å²) in [5.74, 6) is 0.669. The Bertz CT molecular complexity index is 732. The van der Waals surface area contributed by atoms with Gasteiger partial charge in [-0.3, -0.25) is 9.48 Å². The molecule has 0 aliphatic carbocycles. The van der Waals surface area contributed by atoms with Crippen LogP contribution < -0.4 is 4.72 Å². The number of carbonyl (C=O) groups excluding carboxylic acids is 1. The van der Waals surface area contributed by atoms with E-state index in [1.807, 2.05) is 16.5 Å². The third kappa shape index (κ3) is 5.81. The molecule has 148 valence electrons. The summed E-state index contributed by atoms with van der Waals surface area (Å²) < 4.78 is 27.3. The first-order chi connectivity index (χ1) is 12.1. The second kappa shape index (κ2) is 8.52. The molecule has 0 bridgehead atoms. The van der Waals surface area contributed by atoms with Gasteiger partial charge in [0.05, 0.1) is 11.9 Å². The lowest BCUT2D eigenvalue weighted by atomic mass is 10.0. The molecule has 1 aromatic rings. The first-order valence-electron chi connectivity index (χ1n) is 9.34. The van der Waals surface area contributed by atoms with Crippen LogP contribution in [0.15, 0.2) is 0 Å². The number of amides is 1. The van der Waals surface area contributed by atoms with E-state index in [1.54, 1.807) is 0 Å². The second-order valence-corrected chi connectivity index (χ2v) is 9.55. The van der Waals surface area contributed by atoms with Crippen molar-refractivity contribution in [1.82, 2.24) is 19.4 Å². The molecule has 26 heavy (non-hydrogen) atoms. The molecular formula is C18H32N4O3S. The Hall–Kier alpha value is -1.41. The van der Waals surface area contributed by atoms with Crippen molar-refractivity contribution in [2.24, 2.45) is 5.92 Å². The van der Waals surface area contributed by atoms with Gasteiger partial charge in [-0.25, -0.2) is 13.1 Å². The van der Waals surface area contributed by atoms with Crippen LogP contribution in [0.2, 0.25) is 0 Å². The van der Waals surface area contributed by atoms with E-state index in [-0.39, 0.29) is 11.9 Å². The van der Waals surface area contributed by atoms with Gasteiger partial charge in [0.15, 0.2) is 0 Å². The lowest BCUT2D eigenvalue weighted by molar-refractivity contribution is -0.132. The highest BCUT2D eigenvalue weighted by molar-refractivity contribution is 7.88. The highest BCUT2D eigenvalue weighted by Crippen LogP contribution is 2.18. The van der Waals surface area contributed by atoms with Gasteiger partial charge in [-0.1, -0.05) is 13.8 Å². The second-order valence-electron chi connectivity index (χ2n) is 7.77. The van der Waals surface area contributed by atoms with Crippen LogP contribution in [0.25, 0.3) is 0 Å². The molecule has 1 aromatic heterocycles. The molecule has 0 spiro atoms. The Kier molecular flexibility index (Phi) is 6.85. The molecule has 1 fully saturated rings. The van der Waals surface area contributed by atoms with Crippen molar-refractivity contribution in [2.45, 2.75) is 66.0 Å². The molecule has 0 radical (unpaired) electrons. The smallest absolute Gasteiger partial charge is 0.222 e. The van der Waals surface area contributed by atoms with Crippen molar-refractivity contribution in [3.8, 4) is 0 Å². The molecular weight excluding hydrogens is 352 g/mol. The number of rotatable bonds is 7. The zero-order valence-electron chi connectivity index (χ0n) is 16.6. The van der Waals surface area contributed by atoms with E-state index in [0.29, 0.717) is 44.7 Å². The molecule has 1 aliphatic rings. The molecule has 0 saturated carbocycles. The van der Waals surface area contributed by atoms with Crippen molar-refractivity contribution >= 4 is 15.9 Å². The third-order valence-corrected chi connectivity index (χ3v) is 5.65. The number of likely N-dealkylation sites (tertiary alicyclic amines) is 1. The molecule has 2 heterocycles. The molecule has 8 heteroatoms. The Morgan fingerprint density at radius 3 is 2.42 bits per heavy atom. The monoisotopic (exact) mass is 384 g/mol. The molecule has 7 nitrogen and oxygen atoms in total. The summed E-state index contributed by atoms with van der Waals surface area (Å²) in [6.45, 7) is 10.5. The zero-order valence-corrected chi connectivity index (χ0v) is 17.4. The Labute approximate surface area is 157 Å². The number of hydrogen-bond acceptors (Lipinski definition) is 4. The van der Waals surface area contributed by atoms with Crippen molar-refractivity contribution in [3.05, 3.63) is 17.0 Å². The van der Waals surface area contributed by atoms with Crippen LogP contribution in [0.4, 0.5) is 0 Å². The van der Waals surface area contributed by atoms with Gasteiger partial charge in [0.25, 0.3) is 0 Å². The number of aromatic nitrogens is 2. The van der Waals surface area contributed by atoms with E-state index in [4.69, 9.17) is 0 Å². The van der Waals surface area contributed by atoms with Gasteiger partial charge in [-0.15, -0.1) is 0 Å². The largest absolute Gasteiger partial charge is 0.343 e. The van der Waals surface area contributed by atoms with Gasteiger partial charge >= 0.3 is 0 Å². The topological polar surface area (TPSA) is 84.3 Å². The molecule has 1 aliphatic heterocycles. The van der Waals surface area contributed by atoms with Gasteiger partial charge < -0.3 is 4.90 Å². The summed E-state index contributed by atoms with van der Waals surface area (Å²) in [5.41, 5.74) is 3.33. The number of carbonyl (C=O) groups is 1. The fourth-order valence-electron chi connectivity index (χ4n) is 3.56. The fraction of sp³-hybridized carbons (Fsp3) is 0.778. The van der Waals surface area contributed by atoms with Crippen molar-refractivity contribution in [2.75, 3.05) is 19.3 Å². The molecule has 0 atom stereocenters. The number of sulfonamides is 1. The first-order valence-corrected chi connectivity index (χ1v) is 11.2. The van der Waals surface area contributed by atoms with Crippen LogP contribution in [0, 0.1) is 19.8 Å². The summed E-state index contributed by atoms with van der Waals surface area (Å²) in [6.07, 6.45) is 3.69. The minimum Gasteiger partial charge on any atom is -0.343 e. The maximum atomic E-state index is 12.5. The van der Waals surface area contributed by atoms with Crippen molar-refractivity contribution < 1.29 is 13.2 Å². The Morgan fingerprint density at radius 2 is 1.88 bits per heavy atom. The summed E-state index contributed by atoms with van der Waals surface area (Å²) in [4.78, 5) is 14.4. The molecule has 1 saturated heterocycles. The van der Waals surface area contributed by atoms with Gasteiger partial charge in [0, 0.05) is 37.8 Å². The number of hydrogen-bond donors (Lipinski definition) is 1. The van der Waals surface area contributed by atoms with Crippen LogP contribution in [0.3, 0.4) is 0 Å². The van der Waals surface area contributed by atoms with E-state index in [9.17, 15) is 13.2 Å². The molecule has 1 N–H and O–H groups in total. The molecule has 0 aromatic carbocycles. The third-order valence-electron chi connectivity index (χ3n) is 4.89. The standard InChI is InChI=1S/C18H32N4O3S/c1-13(2)12-22-15(4)17(14(3)19-22)6-7-18(23)21-10-8-16(9-11-21)20-26(5,24)25/h13,16,20H,6-12H2,1-5H3. The van der Waals surface area contributed by atoms with Gasteiger partial charge in [0.2, 0.25) is 15.9 Å². The number of piperidine rings is 1. The van der Waals surface area contributed by atoms with Crippen LogP contribution in [-0.4, -0.2) is 54.4 Å². The molecule has 2 rings (SSSR count).